The summed E-state index contributed by atoms with van der Waals surface area (Å²) in [6.07, 6.45) is 8.59. The SMILES string of the molecule is C#Cc1cc(C)c(-c2ccc(F)c(Oc3nccc(C)n3)c2)cn1. The molecule has 118 valence electrons. The van der Waals surface area contributed by atoms with Gasteiger partial charge in [-0.05, 0) is 49.2 Å². The number of rotatable bonds is 3. The number of pyridine rings is 1. The molecule has 0 amide bonds. The molecule has 3 aromatic rings. The van der Waals surface area contributed by atoms with Crippen LogP contribution < -0.4 is 4.74 Å². The predicted molar refractivity (Wildman–Crippen MR) is 89.1 cm³/mol. The number of benzene rings is 1. The molecule has 0 N–H and O–H groups in total. The van der Waals surface area contributed by atoms with E-state index in [0.29, 0.717) is 5.69 Å². The molecular weight excluding hydrogens is 305 g/mol. The van der Waals surface area contributed by atoms with Gasteiger partial charge in [0.15, 0.2) is 11.6 Å². The maximum absolute atomic E-state index is 14.1. The molecule has 5 heteroatoms. The highest BCUT2D eigenvalue weighted by molar-refractivity contribution is 5.68. The van der Waals surface area contributed by atoms with Crippen LogP contribution in [0.4, 0.5) is 4.39 Å². The smallest absolute Gasteiger partial charge is 0.322 e. The first kappa shape index (κ1) is 15.6. The van der Waals surface area contributed by atoms with Crippen LogP contribution in [0.5, 0.6) is 11.8 Å². The quantitative estimate of drug-likeness (QED) is 0.683. The van der Waals surface area contributed by atoms with Gasteiger partial charge in [-0.3, -0.25) is 0 Å². The highest BCUT2D eigenvalue weighted by Crippen LogP contribution is 2.30. The first-order valence-corrected chi connectivity index (χ1v) is 7.27. The summed E-state index contributed by atoms with van der Waals surface area (Å²) in [5.41, 5.74) is 3.86. The highest BCUT2D eigenvalue weighted by Gasteiger charge is 2.11. The second-order valence-electron chi connectivity index (χ2n) is 5.26. The van der Waals surface area contributed by atoms with E-state index in [1.165, 1.54) is 6.07 Å². The molecule has 1 aromatic carbocycles. The van der Waals surface area contributed by atoms with Gasteiger partial charge in [-0.25, -0.2) is 19.3 Å². The Morgan fingerprint density at radius 1 is 1.12 bits per heavy atom. The van der Waals surface area contributed by atoms with E-state index >= 15 is 0 Å². The van der Waals surface area contributed by atoms with Crippen molar-refractivity contribution in [1.82, 2.24) is 15.0 Å². The molecule has 0 fully saturated rings. The van der Waals surface area contributed by atoms with Gasteiger partial charge in [0.05, 0.1) is 0 Å². The lowest BCUT2D eigenvalue weighted by molar-refractivity contribution is 0.410. The van der Waals surface area contributed by atoms with E-state index in [9.17, 15) is 4.39 Å². The van der Waals surface area contributed by atoms with Crippen molar-refractivity contribution in [2.45, 2.75) is 13.8 Å². The molecule has 0 saturated carbocycles. The minimum atomic E-state index is -0.491. The van der Waals surface area contributed by atoms with Gasteiger partial charge in [-0.2, -0.15) is 0 Å². The normalized spacial score (nSPS) is 10.2. The molecule has 0 aliphatic heterocycles. The van der Waals surface area contributed by atoms with E-state index in [-0.39, 0.29) is 11.8 Å². The summed E-state index contributed by atoms with van der Waals surface area (Å²) in [6, 6.07) is 8.25. The van der Waals surface area contributed by atoms with Crippen LogP contribution in [0.1, 0.15) is 17.0 Å². The van der Waals surface area contributed by atoms with Crippen LogP contribution in [0, 0.1) is 32.0 Å². The van der Waals surface area contributed by atoms with Gasteiger partial charge in [0.1, 0.15) is 5.69 Å². The second-order valence-corrected chi connectivity index (χ2v) is 5.26. The van der Waals surface area contributed by atoms with Gasteiger partial charge in [-0.1, -0.05) is 12.0 Å². The van der Waals surface area contributed by atoms with Gasteiger partial charge in [0.2, 0.25) is 0 Å². The number of terminal acetylenes is 1. The first-order chi connectivity index (χ1) is 11.6. The Bertz CT molecular complexity index is 948. The summed E-state index contributed by atoms with van der Waals surface area (Å²) in [6.45, 7) is 3.73. The molecule has 0 radical (unpaired) electrons. The van der Waals surface area contributed by atoms with E-state index in [0.717, 1.165) is 22.4 Å². The van der Waals surface area contributed by atoms with Crippen LogP contribution >= 0.6 is 0 Å². The fraction of sp³-hybridized carbons (Fsp3) is 0.105. The van der Waals surface area contributed by atoms with Crippen molar-refractivity contribution in [2.75, 3.05) is 0 Å². The monoisotopic (exact) mass is 319 g/mol. The lowest BCUT2D eigenvalue weighted by atomic mass is 10.0. The first-order valence-electron chi connectivity index (χ1n) is 7.27. The molecule has 0 spiro atoms. The van der Waals surface area contributed by atoms with Gasteiger partial charge in [-0.15, -0.1) is 6.42 Å². The van der Waals surface area contributed by atoms with E-state index in [2.05, 4.69) is 20.9 Å². The van der Waals surface area contributed by atoms with Crippen molar-refractivity contribution in [2.24, 2.45) is 0 Å². The minimum Gasteiger partial charge on any atom is -0.421 e. The number of hydrogen-bond donors (Lipinski definition) is 0. The predicted octanol–water partition coefficient (Wildman–Crippen LogP) is 4.07. The van der Waals surface area contributed by atoms with Crippen molar-refractivity contribution in [3.63, 3.8) is 0 Å². The lowest BCUT2D eigenvalue weighted by Gasteiger charge is -2.10. The average Bonchev–Trinajstić information content (AvgIpc) is 2.57. The summed E-state index contributed by atoms with van der Waals surface area (Å²) in [7, 11) is 0. The topological polar surface area (TPSA) is 47.9 Å². The average molecular weight is 319 g/mol. The van der Waals surface area contributed by atoms with Gasteiger partial charge in [0, 0.05) is 23.7 Å². The zero-order valence-electron chi connectivity index (χ0n) is 13.2. The van der Waals surface area contributed by atoms with Crippen molar-refractivity contribution >= 4 is 0 Å². The van der Waals surface area contributed by atoms with Crippen molar-refractivity contribution in [3.8, 4) is 35.2 Å². The van der Waals surface area contributed by atoms with E-state index in [1.54, 1.807) is 30.6 Å². The Morgan fingerprint density at radius 3 is 2.67 bits per heavy atom. The molecule has 24 heavy (non-hydrogen) atoms. The number of ether oxygens (including phenoxy) is 1. The maximum atomic E-state index is 14.1. The summed E-state index contributed by atoms with van der Waals surface area (Å²) in [5.74, 6) is 2.06. The van der Waals surface area contributed by atoms with Crippen LogP contribution in [0.15, 0.2) is 42.7 Å². The van der Waals surface area contributed by atoms with E-state index in [4.69, 9.17) is 11.2 Å². The Labute approximate surface area is 139 Å². The Hall–Kier alpha value is -3.26. The molecule has 0 atom stereocenters. The fourth-order valence-corrected chi connectivity index (χ4v) is 2.26. The zero-order chi connectivity index (χ0) is 17.1. The third-order valence-electron chi connectivity index (χ3n) is 3.47. The van der Waals surface area contributed by atoms with Gasteiger partial charge < -0.3 is 4.74 Å². The summed E-state index contributed by atoms with van der Waals surface area (Å²) in [5, 5.41) is 0. The fourth-order valence-electron chi connectivity index (χ4n) is 2.26. The Morgan fingerprint density at radius 2 is 1.96 bits per heavy atom. The van der Waals surface area contributed by atoms with E-state index < -0.39 is 5.82 Å². The van der Waals surface area contributed by atoms with Gasteiger partial charge in [0.25, 0.3) is 0 Å². The molecule has 4 nitrogen and oxygen atoms in total. The minimum absolute atomic E-state index is 0.0542. The zero-order valence-corrected chi connectivity index (χ0v) is 13.2. The number of aromatic nitrogens is 3. The summed E-state index contributed by atoms with van der Waals surface area (Å²) in [4.78, 5) is 12.3. The molecule has 0 aliphatic rings. The second kappa shape index (κ2) is 6.47. The third kappa shape index (κ3) is 3.23. The number of hydrogen-bond acceptors (Lipinski definition) is 4. The largest absolute Gasteiger partial charge is 0.421 e. The van der Waals surface area contributed by atoms with Crippen molar-refractivity contribution in [1.29, 1.82) is 0 Å². The van der Waals surface area contributed by atoms with Crippen molar-refractivity contribution in [3.05, 3.63) is 65.5 Å². The lowest BCUT2D eigenvalue weighted by Crippen LogP contribution is -1.96. The molecule has 0 bridgehead atoms. The third-order valence-corrected chi connectivity index (χ3v) is 3.47. The number of halogens is 1. The summed E-state index contributed by atoms with van der Waals surface area (Å²) < 4.78 is 19.6. The van der Waals surface area contributed by atoms with Crippen LogP contribution in [0.25, 0.3) is 11.1 Å². The molecule has 2 aromatic heterocycles. The molecule has 0 saturated heterocycles. The molecule has 2 heterocycles. The molecule has 3 rings (SSSR count). The van der Waals surface area contributed by atoms with Crippen LogP contribution in [-0.4, -0.2) is 15.0 Å². The molecule has 0 aliphatic carbocycles. The number of nitrogens with zero attached hydrogens (tertiary/aromatic N) is 3. The summed E-state index contributed by atoms with van der Waals surface area (Å²) >= 11 is 0. The standard InChI is InChI=1S/C19H14FN3O/c1-4-15-9-12(2)16(11-22-15)14-5-6-17(20)18(10-14)24-19-21-8-7-13(3)23-19/h1,5-11H,2-3H3. The molecular formula is C19H14FN3O. The van der Waals surface area contributed by atoms with E-state index in [1.807, 2.05) is 19.9 Å². The maximum Gasteiger partial charge on any atom is 0.322 e. The van der Waals surface area contributed by atoms with Gasteiger partial charge >= 0.3 is 6.01 Å². The number of aryl methyl sites for hydroxylation is 2. The Balaban J connectivity index is 1.99. The molecule has 0 unspecified atom stereocenters. The van der Waals surface area contributed by atoms with Crippen LogP contribution in [0.3, 0.4) is 0 Å². The van der Waals surface area contributed by atoms with Crippen LogP contribution in [0.2, 0.25) is 0 Å². The Kier molecular flexibility index (Phi) is 4.21. The van der Waals surface area contributed by atoms with Crippen LogP contribution in [-0.2, 0) is 0 Å². The highest BCUT2D eigenvalue weighted by atomic mass is 19.1. The van der Waals surface area contributed by atoms with Crippen molar-refractivity contribution < 1.29 is 9.13 Å².